The number of piperidine rings is 1. The number of ether oxygens (including phenoxy) is 1. The second-order valence-corrected chi connectivity index (χ2v) is 12.1. The van der Waals surface area contributed by atoms with Crippen molar-refractivity contribution in [3.8, 4) is 5.75 Å². The maximum Gasteiger partial charge on any atom is 0.243 e. The highest BCUT2D eigenvalue weighted by atomic mass is 32.2. The summed E-state index contributed by atoms with van der Waals surface area (Å²) in [5, 5.41) is 3.32. The number of para-hydroxylation sites is 1. The van der Waals surface area contributed by atoms with Crippen molar-refractivity contribution in [1.82, 2.24) is 9.62 Å². The lowest BCUT2D eigenvalue weighted by Gasteiger charge is -2.45. The van der Waals surface area contributed by atoms with E-state index < -0.39 is 10.0 Å². The van der Waals surface area contributed by atoms with Crippen molar-refractivity contribution in [3.63, 3.8) is 0 Å². The molecule has 182 valence electrons. The summed E-state index contributed by atoms with van der Waals surface area (Å²) in [7, 11) is -3.53. The molecule has 3 aliphatic rings. The molecule has 0 unspecified atom stereocenters. The molecular weight excluding hydrogens is 448 g/mol. The smallest absolute Gasteiger partial charge is 0.243 e. The number of fused-ring (bicyclic) bond motifs is 1. The predicted molar refractivity (Wildman–Crippen MR) is 131 cm³/mol. The molecule has 34 heavy (non-hydrogen) atoms. The minimum atomic E-state index is -3.53. The number of carbonyl (C=O) groups excluding carboxylic acids is 1. The number of hydrogen-bond acceptors (Lipinski definition) is 4. The quantitative estimate of drug-likeness (QED) is 0.683. The van der Waals surface area contributed by atoms with Crippen LogP contribution in [0.5, 0.6) is 5.75 Å². The summed E-state index contributed by atoms with van der Waals surface area (Å²) in [5.41, 5.74) is 1.89. The van der Waals surface area contributed by atoms with Crippen molar-refractivity contribution in [2.45, 2.75) is 74.8 Å². The summed E-state index contributed by atoms with van der Waals surface area (Å²) in [6.07, 6.45) is 7.50. The van der Waals surface area contributed by atoms with E-state index in [4.69, 9.17) is 4.74 Å². The molecule has 6 nitrogen and oxygen atoms in total. The van der Waals surface area contributed by atoms with Gasteiger partial charge < -0.3 is 10.1 Å². The van der Waals surface area contributed by atoms with Crippen LogP contribution in [0, 0.1) is 12.8 Å². The highest BCUT2D eigenvalue weighted by Crippen LogP contribution is 2.46. The van der Waals surface area contributed by atoms with Crippen molar-refractivity contribution in [2.24, 2.45) is 5.92 Å². The molecule has 1 saturated carbocycles. The maximum atomic E-state index is 13.3. The Morgan fingerprint density at radius 3 is 2.38 bits per heavy atom. The zero-order valence-electron chi connectivity index (χ0n) is 19.8. The number of rotatable bonds is 4. The summed E-state index contributed by atoms with van der Waals surface area (Å²) in [6, 6.07) is 14.9. The largest absolute Gasteiger partial charge is 0.487 e. The van der Waals surface area contributed by atoms with Gasteiger partial charge in [-0.15, -0.1) is 0 Å². The van der Waals surface area contributed by atoms with E-state index in [1.165, 1.54) is 10.7 Å². The van der Waals surface area contributed by atoms with Gasteiger partial charge in [0.25, 0.3) is 0 Å². The van der Waals surface area contributed by atoms with Gasteiger partial charge in [-0.25, -0.2) is 8.42 Å². The molecule has 0 aromatic heterocycles. The van der Waals surface area contributed by atoms with Crippen molar-refractivity contribution in [2.75, 3.05) is 13.1 Å². The first-order valence-corrected chi connectivity index (χ1v) is 14.0. The summed E-state index contributed by atoms with van der Waals surface area (Å²) in [4.78, 5) is 13.6. The van der Waals surface area contributed by atoms with Crippen molar-refractivity contribution >= 4 is 15.9 Å². The molecule has 0 bridgehead atoms. The van der Waals surface area contributed by atoms with E-state index in [1.54, 1.807) is 12.1 Å². The first-order chi connectivity index (χ1) is 16.4. The van der Waals surface area contributed by atoms with Crippen LogP contribution in [0.1, 0.15) is 68.5 Å². The van der Waals surface area contributed by atoms with Crippen LogP contribution < -0.4 is 10.1 Å². The molecule has 1 saturated heterocycles. The number of benzene rings is 2. The molecule has 1 N–H and O–H groups in total. The van der Waals surface area contributed by atoms with Crippen LogP contribution in [0.15, 0.2) is 53.4 Å². The Morgan fingerprint density at radius 2 is 1.68 bits per heavy atom. The average molecular weight is 483 g/mol. The first-order valence-electron chi connectivity index (χ1n) is 12.5. The highest BCUT2D eigenvalue weighted by Gasteiger charge is 2.43. The average Bonchev–Trinajstić information content (AvgIpc) is 2.85. The van der Waals surface area contributed by atoms with Crippen LogP contribution in [-0.2, 0) is 14.8 Å². The summed E-state index contributed by atoms with van der Waals surface area (Å²) in [5.74, 6) is 0.738. The third kappa shape index (κ3) is 4.60. The molecule has 1 aliphatic carbocycles. The highest BCUT2D eigenvalue weighted by molar-refractivity contribution is 7.89. The number of nitrogens with zero attached hydrogens (tertiary/aromatic N) is 1. The first kappa shape index (κ1) is 23.4. The predicted octanol–water partition coefficient (Wildman–Crippen LogP) is 4.74. The zero-order chi connectivity index (χ0) is 23.8. The van der Waals surface area contributed by atoms with Gasteiger partial charge in [0, 0.05) is 31.0 Å². The summed E-state index contributed by atoms with van der Waals surface area (Å²) < 4.78 is 34.0. The fourth-order valence-corrected chi connectivity index (χ4v) is 7.23. The van der Waals surface area contributed by atoms with Crippen LogP contribution in [0.4, 0.5) is 0 Å². The van der Waals surface area contributed by atoms with Crippen molar-refractivity contribution in [1.29, 1.82) is 0 Å². The van der Waals surface area contributed by atoms with Crippen LogP contribution in [0.3, 0.4) is 0 Å². The monoisotopic (exact) mass is 482 g/mol. The molecule has 2 heterocycles. The Balaban J connectivity index is 1.25. The molecule has 2 fully saturated rings. The van der Waals surface area contributed by atoms with Crippen LogP contribution in [0.25, 0.3) is 0 Å². The molecule has 1 atom stereocenters. The van der Waals surface area contributed by atoms with E-state index in [0.29, 0.717) is 30.8 Å². The Hall–Kier alpha value is -2.38. The fourth-order valence-electron chi connectivity index (χ4n) is 5.76. The number of nitrogens with one attached hydrogen (secondary N) is 1. The van der Waals surface area contributed by atoms with Gasteiger partial charge in [-0.1, -0.05) is 42.3 Å². The second kappa shape index (κ2) is 9.34. The zero-order valence-corrected chi connectivity index (χ0v) is 20.6. The number of amides is 1. The lowest BCUT2D eigenvalue weighted by Crippen LogP contribution is -2.48. The van der Waals surface area contributed by atoms with Crippen LogP contribution in [0.2, 0.25) is 0 Å². The Morgan fingerprint density at radius 1 is 1.00 bits per heavy atom. The fraction of sp³-hybridized carbons (Fsp3) is 0.519. The number of carbonyl (C=O) groups is 1. The van der Waals surface area contributed by atoms with E-state index in [9.17, 15) is 13.2 Å². The van der Waals surface area contributed by atoms with Gasteiger partial charge in [-0.3, -0.25) is 4.79 Å². The molecule has 2 aromatic rings. The molecule has 0 radical (unpaired) electrons. The lowest BCUT2D eigenvalue weighted by atomic mass is 9.77. The van der Waals surface area contributed by atoms with Gasteiger partial charge in [0.05, 0.1) is 10.9 Å². The van der Waals surface area contributed by atoms with Gasteiger partial charge in [0.1, 0.15) is 11.4 Å². The minimum Gasteiger partial charge on any atom is -0.487 e. The topological polar surface area (TPSA) is 75.7 Å². The molecular formula is C27H34N2O4S. The minimum absolute atomic E-state index is 0.0278. The number of sulfonamides is 1. The molecule has 5 rings (SSSR count). The molecule has 7 heteroatoms. The Labute approximate surface area is 202 Å². The van der Waals surface area contributed by atoms with E-state index in [0.717, 1.165) is 49.0 Å². The summed E-state index contributed by atoms with van der Waals surface area (Å²) >= 11 is 0. The molecule has 2 aliphatic heterocycles. The Bertz CT molecular complexity index is 1130. The van der Waals surface area contributed by atoms with Crippen molar-refractivity contribution < 1.29 is 17.9 Å². The van der Waals surface area contributed by atoms with Gasteiger partial charge in [0.2, 0.25) is 15.9 Å². The van der Waals surface area contributed by atoms with Crippen LogP contribution in [-0.4, -0.2) is 37.3 Å². The van der Waals surface area contributed by atoms with E-state index >= 15 is 0 Å². The molecule has 1 spiro atoms. The third-order valence-corrected chi connectivity index (χ3v) is 9.67. The van der Waals surface area contributed by atoms with Gasteiger partial charge in [-0.05, 0) is 63.6 Å². The summed E-state index contributed by atoms with van der Waals surface area (Å²) in [6.45, 7) is 2.67. The van der Waals surface area contributed by atoms with Gasteiger partial charge >= 0.3 is 0 Å². The SMILES string of the molecule is Cc1ccc(S(=O)(=O)N2CCC(C(=O)N[C@@H]3CC4(CCCCC4)Oc4ccccc43)CC2)cc1. The van der Waals surface area contributed by atoms with Gasteiger partial charge in [-0.2, -0.15) is 4.31 Å². The number of hydrogen-bond donors (Lipinski definition) is 1. The third-order valence-electron chi connectivity index (χ3n) is 7.76. The van der Waals surface area contributed by atoms with Crippen LogP contribution >= 0.6 is 0 Å². The molecule has 2 aromatic carbocycles. The normalized spacial score (nSPS) is 23.1. The maximum absolute atomic E-state index is 13.3. The van der Waals surface area contributed by atoms with Gasteiger partial charge in [0.15, 0.2) is 0 Å². The standard InChI is InChI=1S/C27H34N2O4S/c1-20-9-11-22(12-10-20)34(31,32)29-17-13-21(14-18-29)26(30)28-24-19-27(15-5-2-6-16-27)33-25-8-4-3-7-23(24)25/h3-4,7-12,21,24H,2,5-6,13-19H2,1H3,(H,28,30)/t24-/m1/s1. The number of aryl methyl sites for hydroxylation is 1. The second-order valence-electron chi connectivity index (χ2n) is 10.1. The Kier molecular flexibility index (Phi) is 6.42. The van der Waals surface area contributed by atoms with E-state index in [2.05, 4.69) is 5.32 Å². The van der Waals surface area contributed by atoms with Crippen molar-refractivity contribution in [3.05, 3.63) is 59.7 Å². The van der Waals surface area contributed by atoms with E-state index in [1.807, 2.05) is 43.3 Å². The van der Waals surface area contributed by atoms with E-state index in [-0.39, 0.29) is 23.5 Å². The molecule has 1 amide bonds. The lowest BCUT2D eigenvalue weighted by molar-refractivity contribution is -0.127.